The molecule has 4 aromatic rings. The molecule has 122 valence electrons. The Morgan fingerprint density at radius 2 is 2.04 bits per heavy atom. The van der Waals surface area contributed by atoms with Gasteiger partial charge in [-0.05, 0) is 18.2 Å². The van der Waals surface area contributed by atoms with Gasteiger partial charge < -0.3 is 0 Å². The second-order valence-electron chi connectivity index (χ2n) is 5.30. The van der Waals surface area contributed by atoms with Crippen molar-refractivity contribution in [1.29, 1.82) is 0 Å². The Balaban J connectivity index is 2.06. The van der Waals surface area contributed by atoms with Gasteiger partial charge in [0.05, 0.1) is 16.7 Å². The number of pyridine rings is 1. The summed E-state index contributed by atoms with van der Waals surface area (Å²) in [6.07, 6.45) is -0.425. The number of aryl methyl sites for hydroxylation is 1. The molecule has 5 nitrogen and oxygen atoms in total. The first-order chi connectivity index (χ1) is 11.6. The lowest BCUT2D eigenvalue weighted by Gasteiger charge is -2.09. The Hall–Kier alpha value is -2.54. The molecule has 0 aliphatic heterocycles. The van der Waals surface area contributed by atoms with E-state index in [1.807, 2.05) is 19.1 Å². The number of alkyl halides is 2. The van der Waals surface area contributed by atoms with E-state index in [4.69, 9.17) is 11.6 Å². The second kappa shape index (κ2) is 5.52. The molecule has 0 atom stereocenters. The van der Waals surface area contributed by atoms with E-state index < -0.39 is 6.43 Å². The highest BCUT2D eigenvalue weighted by Crippen LogP contribution is 2.29. The molecule has 0 spiro atoms. The van der Waals surface area contributed by atoms with Gasteiger partial charge >= 0.3 is 0 Å². The molecule has 0 radical (unpaired) electrons. The van der Waals surface area contributed by atoms with Gasteiger partial charge in [0.1, 0.15) is 11.4 Å². The minimum atomic E-state index is -2.65. The summed E-state index contributed by atoms with van der Waals surface area (Å²) < 4.78 is 29.3. The summed E-state index contributed by atoms with van der Waals surface area (Å²) in [5.74, 6) is 0.493. The fraction of sp³-hybridized carbons (Fsp3) is 0.188. The van der Waals surface area contributed by atoms with Crippen LogP contribution in [0.5, 0.6) is 0 Å². The normalized spacial score (nSPS) is 11.9. The molecule has 0 aliphatic rings. The molecule has 8 heteroatoms. The SMILES string of the molecule is CCc1nc2c(-n3ncc4cccc(Cl)c43)ccc(C(F)F)n2n1. The maximum atomic E-state index is 13.3. The molecule has 3 aromatic heterocycles. The molecule has 24 heavy (non-hydrogen) atoms. The summed E-state index contributed by atoms with van der Waals surface area (Å²) in [5.41, 5.74) is 1.37. The van der Waals surface area contributed by atoms with Gasteiger partial charge in [-0.15, -0.1) is 0 Å². The highest BCUT2D eigenvalue weighted by Gasteiger charge is 2.19. The van der Waals surface area contributed by atoms with Gasteiger partial charge in [-0.3, -0.25) is 0 Å². The first-order valence-electron chi connectivity index (χ1n) is 7.39. The van der Waals surface area contributed by atoms with E-state index in [0.717, 1.165) is 5.39 Å². The Kier molecular flexibility index (Phi) is 3.45. The summed E-state index contributed by atoms with van der Waals surface area (Å²) >= 11 is 6.30. The van der Waals surface area contributed by atoms with Crippen molar-refractivity contribution in [2.75, 3.05) is 0 Å². The largest absolute Gasteiger partial charge is 0.280 e. The van der Waals surface area contributed by atoms with Crippen molar-refractivity contribution in [1.82, 2.24) is 24.4 Å². The molecule has 0 N–H and O–H groups in total. The van der Waals surface area contributed by atoms with Crippen LogP contribution in [-0.4, -0.2) is 24.4 Å². The summed E-state index contributed by atoms with van der Waals surface area (Å²) in [6.45, 7) is 1.87. The molecule has 0 unspecified atom stereocenters. The molecule has 1 aromatic carbocycles. The molecule has 0 aliphatic carbocycles. The molecule has 0 saturated heterocycles. The number of hydrogen-bond donors (Lipinski definition) is 0. The van der Waals surface area contributed by atoms with Crippen molar-refractivity contribution in [3.05, 3.63) is 53.1 Å². The van der Waals surface area contributed by atoms with Gasteiger partial charge in [-0.25, -0.2) is 23.0 Å². The average molecular weight is 348 g/mol. The first kappa shape index (κ1) is 15.0. The summed E-state index contributed by atoms with van der Waals surface area (Å²) in [6, 6.07) is 8.38. The van der Waals surface area contributed by atoms with Gasteiger partial charge in [0, 0.05) is 11.8 Å². The van der Waals surface area contributed by atoms with Gasteiger partial charge in [0.2, 0.25) is 0 Å². The predicted molar refractivity (Wildman–Crippen MR) is 87.0 cm³/mol. The Labute approximate surface area is 140 Å². The number of benzene rings is 1. The van der Waals surface area contributed by atoms with E-state index >= 15 is 0 Å². The van der Waals surface area contributed by atoms with Crippen molar-refractivity contribution < 1.29 is 8.78 Å². The number of nitrogens with zero attached hydrogens (tertiary/aromatic N) is 5. The average Bonchev–Trinajstić information content (AvgIpc) is 3.18. The smallest absolute Gasteiger partial charge is 0.228 e. The zero-order chi connectivity index (χ0) is 16.8. The minimum absolute atomic E-state index is 0.205. The topological polar surface area (TPSA) is 48.0 Å². The standard InChI is InChI=1S/C16H12ClF2N5/c1-2-13-21-16-12(7-6-11(15(18)19)24(16)22-13)23-14-9(8-20-23)4-3-5-10(14)17/h3-8,15H,2H2,1H3. The minimum Gasteiger partial charge on any atom is -0.228 e. The van der Waals surface area contributed by atoms with E-state index in [-0.39, 0.29) is 5.69 Å². The van der Waals surface area contributed by atoms with Crippen LogP contribution in [0.4, 0.5) is 8.78 Å². The van der Waals surface area contributed by atoms with Crippen molar-refractivity contribution in [2.45, 2.75) is 19.8 Å². The van der Waals surface area contributed by atoms with Gasteiger partial charge in [0.25, 0.3) is 6.43 Å². The zero-order valence-electron chi connectivity index (χ0n) is 12.6. The third-order valence-electron chi connectivity index (χ3n) is 3.85. The lowest BCUT2D eigenvalue weighted by atomic mass is 10.2. The fourth-order valence-electron chi connectivity index (χ4n) is 2.71. The van der Waals surface area contributed by atoms with Crippen LogP contribution in [0, 0.1) is 0 Å². The number of hydrogen-bond acceptors (Lipinski definition) is 3. The van der Waals surface area contributed by atoms with Crippen LogP contribution in [-0.2, 0) is 6.42 Å². The number of fused-ring (bicyclic) bond motifs is 2. The fourth-order valence-corrected chi connectivity index (χ4v) is 2.97. The zero-order valence-corrected chi connectivity index (χ0v) is 13.4. The van der Waals surface area contributed by atoms with Crippen LogP contribution < -0.4 is 0 Å². The van der Waals surface area contributed by atoms with Crippen LogP contribution in [0.15, 0.2) is 36.5 Å². The number of aromatic nitrogens is 5. The van der Waals surface area contributed by atoms with Crippen LogP contribution >= 0.6 is 11.6 Å². The summed E-state index contributed by atoms with van der Waals surface area (Å²) in [7, 11) is 0. The number of halogens is 3. The van der Waals surface area contributed by atoms with E-state index in [2.05, 4.69) is 15.2 Å². The van der Waals surface area contributed by atoms with Crippen LogP contribution in [0.2, 0.25) is 5.02 Å². The highest BCUT2D eigenvalue weighted by atomic mass is 35.5. The van der Waals surface area contributed by atoms with Crippen molar-refractivity contribution in [3.63, 3.8) is 0 Å². The van der Waals surface area contributed by atoms with Crippen LogP contribution in [0.25, 0.3) is 22.2 Å². The molecule has 3 heterocycles. The molecule has 0 bridgehead atoms. The summed E-state index contributed by atoms with van der Waals surface area (Å²) in [4.78, 5) is 4.38. The maximum absolute atomic E-state index is 13.3. The number of rotatable bonds is 3. The monoisotopic (exact) mass is 347 g/mol. The third kappa shape index (κ3) is 2.16. The molecule has 0 fully saturated rings. The highest BCUT2D eigenvalue weighted by molar-refractivity contribution is 6.35. The quantitative estimate of drug-likeness (QED) is 0.557. The van der Waals surface area contributed by atoms with Gasteiger partial charge in [-0.1, -0.05) is 30.7 Å². The Bertz CT molecular complexity index is 1050. The van der Waals surface area contributed by atoms with E-state index in [1.165, 1.54) is 10.6 Å². The third-order valence-corrected chi connectivity index (χ3v) is 4.15. The molecule has 4 rings (SSSR count). The van der Waals surface area contributed by atoms with Crippen LogP contribution in [0.3, 0.4) is 0 Å². The van der Waals surface area contributed by atoms with Gasteiger partial charge in [-0.2, -0.15) is 10.2 Å². The Morgan fingerprint density at radius 1 is 1.21 bits per heavy atom. The molecular weight excluding hydrogens is 336 g/mol. The second-order valence-corrected chi connectivity index (χ2v) is 5.70. The first-order valence-corrected chi connectivity index (χ1v) is 7.77. The van der Waals surface area contributed by atoms with Crippen molar-refractivity contribution in [3.8, 4) is 5.69 Å². The van der Waals surface area contributed by atoms with Gasteiger partial charge in [0.15, 0.2) is 11.5 Å². The molecular formula is C16H12ClF2N5. The molecule has 0 amide bonds. The number of para-hydroxylation sites is 1. The lowest BCUT2D eigenvalue weighted by molar-refractivity contribution is 0.143. The van der Waals surface area contributed by atoms with E-state index in [9.17, 15) is 8.78 Å². The maximum Gasteiger partial charge on any atom is 0.280 e. The van der Waals surface area contributed by atoms with E-state index in [0.29, 0.717) is 34.1 Å². The summed E-state index contributed by atoms with van der Waals surface area (Å²) in [5, 5.41) is 9.91. The van der Waals surface area contributed by atoms with Crippen LogP contribution in [0.1, 0.15) is 24.9 Å². The lowest BCUT2D eigenvalue weighted by Crippen LogP contribution is -2.05. The van der Waals surface area contributed by atoms with E-state index in [1.54, 1.807) is 23.0 Å². The van der Waals surface area contributed by atoms with Crippen molar-refractivity contribution in [2.24, 2.45) is 0 Å². The Morgan fingerprint density at radius 3 is 2.79 bits per heavy atom. The molecule has 0 saturated carbocycles. The predicted octanol–water partition coefficient (Wildman–Crippen LogP) is 4.22. The van der Waals surface area contributed by atoms with Crippen molar-refractivity contribution >= 4 is 28.2 Å².